The number of nitrogens with zero attached hydrogens (tertiary/aromatic N) is 3. The van der Waals surface area contributed by atoms with Gasteiger partial charge in [0.05, 0.1) is 5.56 Å². The molecule has 0 saturated carbocycles. The van der Waals surface area contributed by atoms with Gasteiger partial charge in [0.15, 0.2) is 28.4 Å². The van der Waals surface area contributed by atoms with Crippen LogP contribution in [0.4, 0.5) is 27.6 Å². The SMILES string of the molecule is CSc1ncccc1C(=O)N1CCC2(CC1)CCN(C(=S)Nc1c(F)c(F)c(F)c(F)c1F)C2. The molecule has 0 atom stereocenters. The lowest BCUT2D eigenvalue weighted by Crippen LogP contribution is -2.45. The van der Waals surface area contributed by atoms with Gasteiger partial charge in [-0.25, -0.2) is 26.9 Å². The van der Waals surface area contributed by atoms with Gasteiger partial charge in [0.1, 0.15) is 10.7 Å². The van der Waals surface area contributed by atoms with Gasteiger partial charge in [0.2, 0.25) is 5.82 Å². The monoisotopic (exact) mass is 516 g/mol. The number of nitrogens with one attached hydrogen (secondary N) is 1. The molecule has 0 unspecified atom stereocenters. The molecule has 2 aromatic rings. The van der Waals surface area contributed by atoms with Gasteiger partial charge < -0.3 is 15.1 Å². The van der Waals surface area contributed by atoms with Crippen molar-refractivity contribution < 1.29 is 26.7 Å². The minimum atomic E-state index is -2.22. The second-order valence-corrected chi connectivity index (χ2v) is 9.58. The van der Waals surface area contributed by atoms with Gasteiger partial charge in [0, 0.05) is 32.4 Å². The molecule has 3 heterocycles. The van der Waals surface area contributed by atoms with Crippen molar-refractivity contribution in [1.82, 2.24) is 14.8 Å². The van der Waals surface area contributed by atoms with Crippen LogP contribution in [-0.2, 0) is 0 Å². The van der Waals surface area contributed by atoms with Crippen molar-refractivity contribution >= 4 is 40.7 Å². The van der Waals surface area contributed by atoms with Gasteiger partial charge in [-0.1, -0.05) is 0 Å². The van der Waals surface area contributed by atoms with Crippen LogP contribution in [0.2, 0.25) is 0 Å². The number of carbonyl (C=O) groups excluding carboxylic acids is 1. The number of rotatable bonds is 3. The smallest absolute Gasteiger partial charge is 0.256 e. The molecule has 2 aliphatic heterocycles. The Kier molecular flexibility index (Phi) is 6.99. The third-order valence-corrected chi connectivity index (χ3v) is 7.55. The average molecular weight is 517 g/mol. The highest BCUT2D eigenvalue weighted by Crippen LogP contribution is 2.41. The van der Waals surface area contributed by atoms with Crippen LogP contribution in [0.3, 0.4) is 0 Å². The van der Waals surface area contributed by atoms with Crippen LogP contribution in [0.5, 0.6) is 0 Å². The van der Waals surface area contributed by atoms with Crippen LogP contribution < -0.4 is 5.32 Å². The molecule has 2 fully saturated rings. The summed E-state index contributed by atoms with van der Waals surface area (Å²) in [5, 5.41) is 2.76. The maximum atomic E-state index is 14.0. The van der Waals surface area contributed by atoms with Crippen molar-refractivity contribution in [3.05, 3.63) is 53.0 Å². The predicted octanol–water partition coefficient (Wildman–Crippen LogP) is 4.82. The normalized spacial score (nSPS) is 17.4. The van der Waals surface area contributed by atoms with Crippen LogP contribution in [0.1, 0.15) is 29.6 Å². The number of halogens is 5. The van der Waals surface area contributed by atoms with E-state index in [4.69, 9.17) is 12.2 Å². The van der Waals surface area contributed by atoms with E-state index in [0.29, 0.717) is 49.6 Å². The maximum absolute atomic E-state index is 14.0. The maximum Gasteiger partial charge on any atom is 0.256 e. The summed E-state index contributed by atoms with van der Waals surface area (Å²) in [5.41, 5.74) is -0.757. The summed E-state index contributed by atoms with van der Waals surface area (Å²) >= 11 is 6.62. The fourth-order valence-corrected chi connectivity index (χ4v) is 5.29. The molecular formula is C22H21F5N4OS2. The second kappa shape index (κ2) is 9.65. The molecule has 1 N–H and O–H groups in total. The molecule has 0 radical (unpaired) electrons. The predicted molar refractivity (Wildman–Crippen MR) is 122 cm³/mol. The number of likely N-dealkylation sites (tertiary alicyclic amines) is 2. The van der Waals surface area contributed by atoms with E-state index in [9.17, 15) is 26.7 Å². The number of thiocarbonyl (C=S) groups is 1. The van der Waals surface area contributed by atoms with E-state index in [1.54, 1.807) is 28.1 Å². The highest BCUT2D eigenvalue weighted by atomic mass is 32.2. The number of anilines is 1. The summed E-state index contributed by atoms with van der Waals surface area (Å²) in [6.07, 6.45) is 5.65. The number of carbonyl (C=O) groups is 1. The fraction of sp³-hybridized carbons (Fsp3) is 0.409. The molecule has 0 bridgehead atoms. The van der Waals surface area contributed by atoms with E-state index in [0.717, 1.165) is 6.42 Å². The first-order valence-electron chi connectivity index (χ1n) is 10.5. The van der Waals surface area contributed by atoms with E-state index < -0.39 is 34.8 Å². The summed E-state index contributed by atoms with van der Waals surface area (Å²) in [7, 11) is 0. The van der Waals surface area contributed by atoms with Crippen molar-refractivity contribution in [3.8, 4) is 0 Å². The summed E-state index contributed by atoms with van der Waals surface area (Å²) in [6.45, 7) is 1.99. The standard InChI is InChI=1S/C22H21F5N4OS2/c1-34-19-12(3-2-7-28-19)20(32)30-8-4-22(5-9-30)6-10-31(11-22)21(33)29-18-16(26)14(24)13(23)15(25)17(18)27/h2-3,7H,4-6,8-11H2,1H3,(H,29,33). The van der Waals surface area contributed by atoms with Crippen molar-refractivity contribution in [2.45, 2.75) is 24.3 Å². The highest BCUT2D eigenvalue weighted by molar-refractivity contribution is 7.98. The van der Waals surface area contributed by atoms with Crippen LogP contribution in [0.15, 0.2) is 23.4 Å². The Balaban J connectivity index is 1.40. The van der Waals surface area contributed by atoms with Crippen molar-refractivity contribution in [2.24, 2.45) is 5.41 Å². The minimum Gasteiger partial charge on any atom is -0.348 e. The van der Waals surface area contributed by atoms with Gasteiger partial charge in [-0.2, -0.15) is 0 Å². The zero-order valence-electron chi connectivity index (χ0n) is 18.1. The average Bonchev–Trinajstić information content (AvgIpc) is 3.27. The zero-order chi connectivity index (χ0) is 24.6. The number of benzene rings is 1. The first-order chi connectivity index (χ1) is 16.2. The first kappa shape index (κ1) is 24.6. The lowest BCUT2D eigenvalue weighted by Gasteiger charge is -2.39. The van der Waals surface area contributed by atoms with Crippen LogP contribution in [-0.4, -0.2) is 58.2 Å². The molecule has 1 aromatic heterocycles. The van der Waals surface area contributed by atoms with Gasteiger partial charge in [-0.3, -0.25) is 4.79 Å². The van der Waals surface area contributed by atoms with E-state index in [1.807, 2.05) is 6.26 Å². The van der Waals surface area contributed by atoms with Crippen LogP contribution >= 0.6 is 24.0 Å². The summed E-state index contributed by atoms with van der Waals surface area (Å²) in [5.74, 6) is -10.3. The zero-order valence-corrected chi connectivity index (χ0v) is 19.8. The first-order valence-corrected chi connectivity index (χ1v) is 12.2. The Morgan fingerprint density at radius 1 is 1.00 bits per heavy atom. The molecule has 12 heteroatoms. The summed E-state index contributed by atoms with van der Waals surface area (Å²) < 4.78 is 68.3. The molecular weight excluding hydrogens is 495 g/mol. The molecule has 1 spiro atoms. The third kappa shape index (κ3) is 4.45. The lowest BCUT2D eigenvalue weighted by atomic mass is 9.77. The summed E-state index contributed by atoms with van der Waals surface area (Å²) in [4.78, 5) is 20.7. The Morgan fingerprint density at radius 2 is 1.56 bits per heavy atom. The molecule has 182 valence electrons. The molecule has 34 heavy (non-hydrogen) atoms. The van der Waals surface area contributed by atoms with Gasteiger partial charge in [-0.05, 0) is 55.3 Å². The number of piperidine rings is 1. The number of hydrogen-bond acceptors (Lipinski definition) is 4. The molecule has 1 amide bonds. The fourth-order valence-electron chi connectivity index (χ4n) is 4.49. The van der Waals surface area contributed by atoms with E-state index >= 15 is 0 Å². The number of hydrogen-bond donors (Lipinski definition) is 1. The Labute approximate surface area is 202 Å². The largest absolute Gasteiger partial charge is 0.348 e. The number of pyridine rings is 1. The molecule has 5 nitrogen and oxygen atoms in total. The van der Waals surface area contributed by atoms with Crippen LogP contribution in [0, 0.1) is 34.5 Å². The third-order valence-electron chi connectivity index (χ3n) is 6.47. The molecule has 4 rings (SSSR count). The number of thioether (sulfide) groups is 1. The second-order valence-electron chi connectivity index (χ2n) is 8.40. The van der Waals surface area contributed by atoms with Gasteiger partial charge in [0.25, 0.3) is 5.91 Å². The van der Waals surface area contributed by atoms with Gasteiger partial charge in [-0.15, -0.1) is 11.8 Å². The number of amides is 1. The topological polar surface area (TPSA) is 48.5 Å². The molecule has 2 saturated heterocycles. The Hall–Kier alpha value is -2.47. The molecule has 0 aliphatic carbocycles. The molecule has 2 aliphatic rings. The van der Waals surface area contributed by atoms with E-state index in [1.165, 1.54) is 11.8 Å². The van der Waals surface area contributed by atoms with E-state index in [2.05, 4.69) is 10.3 Å². The van der Waals surface area contributed by atoms with Gasteiger partial charge >= 0.3 is 0 Å². The van der Waals surface area contributed by atoms with E-state index in [-0.39, 0.29) is 16.4 Å². The molecule has 1 aromatic carbocycles. The van der Waals surface area contributed by atoms with Crippen molar-refractivity contribution in [2.75, 3.05) is 37.8 Å². The minimum absolute atomic E-state index is 0.0781. The summed E-state index contributed by atoms with van der Waals surface area (Å²) in [6, 6.07) is 3.48. The van der Waals surface area contributed by atoms with Crippen molar-refractivity contribution in [1.29, 1.82) is 0 Å². The lowest BCUT2D eigenvalue weighted by molar-refractivity contribution is 0.0595. The Morgan fingerprint density at radius 3 is 2.15 bits per heavy atom. The van der Waals surface area contributed by atoms with Crippen molar-refractivity contribution in [3.63, 3.8) is 0 Å². The highest BCUT2D eigenvalue weighted by Gasteiger charge is 2.42. The quantitative estimate of drug-likeness (QED) is 0.208. The van der Waals surface area contributed by atoms with Crippen LogP contribution in [0.25, 0.3) is 0 Å². The number of aromatic nitrogens is 1. The Bertz CT molecular complexity index is 1110.